The van der Waals surface area contributed by atoms with Crippen LogP contribution in [0.1, 0.15) is 59.9 Å². The van der Waals surface area contributed by atoms with Crippen molar-refractivity contribution in [1.29, 1.82) is 0 Å². The first kappa shape index (κ1) is 31.3. The van der Waals surface area contributed by atoms with E-state index in [0.717, 1.165) is 79.6 Å². The standard InChI is InChI=1S/C30H40N8O.2ClH/c1-21-24-9-8-22(18-28(24)38(35-21)14-5-3-4-13-37-15-10-31-11-16-37)30(39)34-29-19-25-23(20-32-29)17-26(33-25)27-7-6-12-36(27)2;;/h8-9,17-20,27,31,33H,3-7,10-16H2,1-2H3,(H,32,34,39);2*1H/t27-;;/m1../s1. The maximum absolute atomic E-state index is 13.2. The second kappa shape index (κ2) is 14.0. The number of pyridine rings is 1. The topological polar surface area (TPSA) is 94.1 Å². The molecule has 222 valence electrons. The lowest BCUT2D eigenvalue weighted by molar-refractivity contribution is 0.102. The van der Waals surface area contributed by atoms with Crippen molar-refractivity contribution in [3.8, 4) is 0 Å². The molecule has 41 heavy (non-hydrogen) atoms. The number of likely N-dealkylation sites (tertiary alicyclic amines) is 1. The number of rotatable bonds is 9. The second-order valence-corrected chi connectivity index (χ2v) is 11.2. The highest BCUT2D eigenvalue weighted by Gasteiger charge is 2.24. The molecule has 0 radical (unpaired) electrons. The van der Waals surface area contributed by atoms with Crippen LogP contribution < -0.4 is 10.6 Å². The minimum absolute atomic E-state index is 0. The van der Waals surface area contributed by atoms with Crippen LogP contribution in [-0.2, 0) is 6.54 Å². The number of halogens is 2. The zero-order valence-electron chi connectivity index (χ0n) is 24.0. The Morgan fingerprint density at radius 1 is 1.05 bits per heavy atom. The van der Waals surface area contributed by atoms with Crippen LogP contribution in [0.2, 0.25) is 0 Å². The van der Waals surface area contributed by atoms with E-state index in [1.807, 2.05) is 37.4 Å². The number of amides is 1. The van der Waals surface area contributed by atoms with Crippen LogP contribution in [-0.4, -0.2) is 81.8 Å². The summed E-state index contributed by atoms with van der Waals surface area (Å²) in [5, 5.41) is 13.4. The van der Waals surface area contributed by atoms with E-state index in [9.17, 15) is 4.79 Å². The highest BCUT2D eigenvalue weighted by atomic mass is 35.5. The molecule has 6 rings (SSSR count). The van der Waals surface area contributed by atoms with Gasteiger partial charge in [-0.1, -0.05) is 12.5 Å². The lowest BCUT2D eigenvalue weighted by Crippen LogP contribution is -2.43. The number of aryl methyl sites for hydroxylation is 2. The van der Waals surface area contributed by atoms with Crippen LogP contribution in [0.15, 0.2) is 36.5 Å². The van der Waals surface area contributed by atoms with Crippen molar-refractivity contribution in [1.82, 2.24) is 34.9 Å². The summed E-state index contributed by atoms with van der Waals surface area (Å²) in [6, 6.07) is 10.4. The summed E-state index contributed by atoms with van der Waals surface area (Å²) in [6.45, 7) is 9.71. The highest BCUT2D eigenvalue weighted by molar-refractivity contribution is 6.06. The fraction of sp³-hybridized carbons (Fsp3) is 0.500. The van der Waals surface area contributed by atoms with Gasteiger partial charge in [0.15, 0.2) is 0 Å². The van der Waals surface area contributed by atoms with E-state index in [-0.39, 0.29) is 30.7 Å². The molecule has 2 fully saturated rings. The number of hydrogen-bond acceptors (Lipinski definition) is 6. The van der Waals surface area contributed by atoms with Crippen LogP contribution in [0.3, 0.4) is 0 Å². The molecular weight excluding hydrogens is 559 g/mol. The van der Waals surface area contributed by atoms with E-state index in [1.165, 1.54) is 31.5 Å². The van der Waals surface area contributed by atoms with Gasteiger partial charge in [-0.2, -0.15) is 5.10 Å². The molecule has 1 atom stereocenters. The predicted octanol–water partition coefficient (Wildman–Crippen LogP) is 5.16. The van der Waals surface area contributed by atoms with Crippen molar-refractivity contribution in [2.75, 3.05) is 51.6 Å². The molecule has 2 saturated heterocycles. The molecule has 0 unspecified atom stereocenters. The van der Waals surface area contributed by atoms with E-state index < -0.39 is 0 Å². The molecule has 3 aromatic heterocycles. The van der Waals surface area contributed by atoms with Gasteiger partial charge in [-0.05, 0) is 70.9 Å². The van der Waals surface area contributed by atoms with Crippen molar-refractivity contribution in [2.24, 2.45) is 0 Å². The first-order chi connectivity index (χ1) is 19.0. The molecule has 2 aliphatic heterocycles. The maximum atomic E-state index is 13.2. The predicted molar refractivity (Wildman–Crippen MR) is 171 cm³/mol. The Bertz CT molecular complexity index is 1460. The van der Waals surface area contributed by atoms with Gasteiger partial charge in [0.2, 0.25) is 0 Å². The Kier molecular flexibility index (Phi) is 10.7. The molecule has 0 aliphatic carbocycles. The number of nitrogens with one attached hydrogen (secondary N) is 3. The molecule has 3 N–H and O–H groups in total. The number of fused-ring (bicyclic) bond motifs is 2. The van der Waals surface area contributed by atoms with Crippen molar-refractivity contribution in [3.63, 3.8) is 0 Å². The number of piperazine rings is 1. The third-order valence-electron chi connectivity index (χ3n) is 8.40. The van der Waals surface area contributed by atoms with Crippen LogP contribution >= 0.6 is 24.8 Å². The molecule has 2 aliphatic rings. The van der Waals surface area contributed by atoms with Gasteiger partial charge < -0.3 is 20.5 Å². The number of aromatic nitrogens is 4. The normalized spacial score (nSPS) is 18.0. The van der Waals surface area contributed by atoms with E-state index in [2.05, 4.69) is 48.2 Å². The van der Waals surface area contributed by atoms with Crippen LogP contribution in [0.4, 0.5) is 5.82 Å². The highest BCUT2D eigenvalue weighted by Crippen LogP contribution is 2.32. The first-order valence-electron chi connectivity index (χ1n) is 14.5. The number of carbonyl (C=O) groups is 1. The largest absolute Gasteiger partial charge is 0.357 e. The van der Waals surface area contributed by atoms with Gasteiger partial charge in [0, 0.05) is 73.1 Å². The summed E-state index contributed by atoms with van der Waals surface area (Å²) in [5.41, 5.74) is 4.84. The summed E-state index contributed by atoms with van der Waals surface area (Å²) in [4.78, 5) is 26.2. The van der Waals surface area contributed by atoms with E-state index >= 15 is 0 Å². The molecule has 4 aromatic rings. The first-order valence-corrected chi connectivity index (χ1v) is 14.5. The number of anilines is 1. The fourth-order valence-electron chi connectivity index (χ4n) is 6.15. The van der Waals surface area contributed by atoms with Gasteiger partial charge >= 0.3 is 0 Å². The third kappa shape index (κ3) is 7.04. The van der Waals surface area contributed by atoms with E-state index in [4.69, 9.17) is 5.10 Å². The minimum Gasteiger partial charge on any atom is -0.357 e. The van der Waals surface area contributed by atoms with Gasteiger partial charge in [0.05, 0.1) is 16.7 Å². The van der Waals surface area contributed by atoms with Gasteiger partial charge in [0.25, 0.3) is 5.91 Å². The monoisotopic (exact) mass is 600 g/mol. The maximum Gasteiger partial charge on any atom is 0.256 e. The Balaban J connectivity index is 0.00000194. The average Bonchev–Trinajstić information content (AvgIpc) is 3.65. The van der Waals surface area contributed by atoms with Crippen molar-refractivity contribution in [3.05, 3.63) is 53.5 Å². The molecule has 5 heterocycles. The Morgan fingerprint density at radius 2 is 1.85 bits per heavy atom. The Morgan fingerprint density at radius 3 is 2.63 bits per heavy atom. The number of aromatic amines is 1. The lowest BCUT2D eigenvalue weighted by atomic mass is 10.1. The molecule has 9 nitrogen and oxygen atoms in total. The Hall–Kier alpha value is -2.69. The molecule has 0 spiro atoms. The number of unbranched alkanes of at least 4 members (excludes halogenated alkanes) is 2. The van der Waals surface area contributed by atoms with Crippen LogP contribution in [0, 0.1) is 6.92 Å². The summed E-state index contributed by atoms with van der Waals surface area (Å²) in [6.07, 6.45) is 7.69. The summed E-state index contributed by atoms with van der Waals surface area (Å²) in [7, 11) is 2.17. The van der Waals surface area contributed by atoms with E-state index in [0.29, 0.717) is 17.4 Å². The number of H-pyrrole nitrogens is 1. The number of nitrogens with zero attached hydrogens (tertiary/aromatic N) is 5. The van der Waals surface area contributed by atoms with E-state index in [1.54, 1.807) is 0 Å². The molecule has 11 heteroatoms. The van der Waals surface area contributed by atoms with Crippen LogP contribution in [0.25, 0.3) is 21.8 Å². The second-order valence-electron chi connectivity index (χ2n) is 11.2. The number of benzene rings is 1. The van der Waals surface area contributed by atoms with Gasteiger partial charge in [-0.3, -0.25) is 14.4 Å². The Labute approximate surface area is 254 Å². The third-order valence-corrected chi connectivity index (χ3v) is 8.40. The van der Waals surface area contributed by atoms with Gasteiger partial charge in [-0.15, -0.1) is 24.8 Å². The molecule has 0 saturated carbocycles. The number of carbonyl (C=O) groups excluding carboxylic acids is 1. The summed E-state index contributed by atoms with van der Waals surface area (Å²) < 4.78 is 2.07. The molecule has 1 aromatic carbocycles. The zero-order chi connectivity index (χ0) is 26.8. The zero-order valence-corrected chi connectivity index (χ0v) is 25.6. The fourth-order valence-corrected chi connectivity index (χ4v) is 6.15. The SMILES string of the molecule is Cc1nn(CCCCCN2CCNCC2)c2cc(C(=O)Nc3cc4[nH]c([C@H]5CCCN5C)cc4cn3)ccc12.Cl.Cl. The summed E-state index contributed by atoms with van der Waals surface area (Å²) >= 11 is 0. The van der Waals surface area contributed by atoms with Crippen molar-refractivity contribution in [2.45, 2.75) is 51.6 Å². The minimum atomic E-state index is -0.160. The summed E-state index contributed by atoms with van der Waals surface area (Å²) in [5.74, 6) is 0.391. The molecule has 1 amide bonds. The smallest absolute Gasteiger partial charge is 0.256 e. The molecular formula is C30H42Cl2N8O. The lowest BCUT2D eigenvalue weighted by Gasteiger charge is -2.27. The van der Waals surface area contributed by atoms with Gasteiger partial charge in [-0.25, -0.2) is 4.98 Å². The molecule has 0 bridgehead atoms. The van der Waals surface area contributed by atoms with Crippen molar-refractivity contribution < 1.29 is 4.79 Å². The van der Waals surface area contributed by atoms with Gasteiger partial charge in [0.1, 0.15) is 5.82 Å². The van der Waals surface area contributed by atoms with Crippen LogP contribution in [0.5, 0.6) is 0 Å². The van der Waals surface area contributed by atoms with Crippen molar-refractivity contribution >= 4 is 58.3 Å². The average molecular weight is 602 g/mol. The quantitative estimate of drug-likeness (QED) is 0.230. The number of hydrogen-bond donors (Lipinski definition) is 3.